The van der Waals surface area contributed by atoms with Gasteiger partial charge in [-0.1, -0.05) is 41.9 Å². The molecule has 1 atom stereocenters. The molecule has 0 radical (unpaired) electrons. The van der Waals surface area contributed by atoms with Gasteiger partial charge in [0.25, 0.3) is 0 Å². The summed E-state index contributed by atoms with van der Waals surface area (Å²) in [6.07, 6.45) is 1.35. The maximum atomic E-state index is 11.8. The summed E-state index contributed by atoms with van der Waals surface area (Å²) in [5, 5.41) is 11.4. The molecule has 142 valence electrons. The highest BCUT2D eigenvalue weighted by molar-refractivity contribution is 6.30. The van der Waals surface area contributed by atoms with Gasteiger partial charge in [-0.25, -0.2) is 0 Å². The van der Waals surface area contributed by atoms with Crippen LogP contribution in [0.1, 0.15) is 30.4 Å². The van der Waals surface area contributed by atoms with E-state index in [1.54, 1.807) is 12.3 Å². The first-order valence-electron chi connectivity index (χ1n) is 8.33. The van der Waals surface area contributed by atoms with Crippen LogP contribution in [0.3, 0.4) is 0 Å². The van der Waals surface area contributed by atoms with Gasteiger partial charge in [0, 0.05) is 18.7 Å². The number of nitrogens with zero attached hydrogens (tertiary/aromatic N) is 2. The molecule has 0 unspecified atom stereocenters. The average Bonchev–Trinajstić information content (AvgIpc) is 2.64. The highest BCUT2D eigenvalue weighted by Crippen LogP contribution is 2.28. The number of hydrogen-bond acceptors (Lipinski definition) is 4. The number of benzene rings is 1. The molecule has 2 heterocycles. The number of alkyl halides is 3. The van der Waals surface area contributed by atoms with Gasteiger partial charge in [0.05, 0.1) is 23.6 Å². The van der Waals surface area contributed by atoms with E-state index in [2.05, 4.69) is 15.5 Å². The highest BCUT2D eigenvalue weighted by Gasteiger charge is 2.29. The molecule has 1 aliphatic heterocycles. The molecule has 1 N–H and O–H groups in total. The summed E-state index contributed by atoms with van der Waals surface area (Å²) in [4.78, 5) is 0. The highest BCUT2D eigenvalue weighted by atomic mass is 35.5. The number of aromatic nitrogens is 2. The molecule has 0 spiro atoms. The second-order valence-corrected chi connectivity index (χ2v) is 6.27. The lowest BCUT2D eigenvalue weighted by Crippen LogP contribution is -2.27. The zero-order valence-electron chi connectivity index (χ0n) is 14.4. The lowest BCUT2D eigenvalue weighted by atomic mass is 10.1. The normalized spacial score (nSPS) is 17.2. The summed E-state index contributed by atoms with van der Waals surface area (Å²) in [5.74, 6) is 0. The Morgan fingerprint density at radius 2 is 1.96 bits per heavy atom. The fraction of sp³-hybridized carbons (Fsp3) is 0.444. The number of anilines is 1. The summed E-state index contributed by atoms with van der Waals surface area (Å²) in [7, 11) is 0. The maximum absolute atomic E-state index is 11.8. The average molecular weight is 388 g/mol. The van der Waals surface area contributed by atoms with Crippen molar-refractivity contribution >= 4 is 17.3 Å². The van der Waals surface area contributed by atoms with Gasteiger partial charge in [0.1, 0.15) is 0 Å². The topological polar surface area (TPSA) is 47.0 Å². The van der Waals surface area contributed by atoms with Crippen LogP contribution in [-0.2, 0) is 10.9 Å². The standard InChI is InChI=1S/C11H16ClN3O.C7H5F3/c1-8-10(7-14-15-11(8)12)13-6-9-4-2-3-5-16-9;8-7(9,10)6-4-2-1-3-5-6/h7,9H,2-6H2,1H3,(H,13,15);1-5H/t9-;/m1./s1. The van der Waals surface area contributed by atoms with Gasteiger partial charge in [-0.3, -0.25) is 0 Å². The second kappa shape index (κ2) is 9.73. The third-order valence-corrected chi connectivity index (χ3v) is 4.30. The Hall–Kier alpha value is -1.86. The van der Waals surface area contributed by atoms with Gasteiger partial charge in [0.2, 0.25) is 0 Å². The van der Waals surface area contributed by atoms with E-state index in [4.69, 9.17) is 16.3 Å². The van der Waals surface area contributed by atoms with Crippen LogP contribution in [0.5, 0.6) is 0 Å². The van der Waals surface area contributed by atoms with E-state index >= 15 is 0 Å². The van der Waals surface area contributed by atoms with Gasteiger partial charge in [0.15, 0.2) is 5.15 Å². The van der Waals surface area contributed by atoms with Crippen molar-refractivity contribution in [2.45, 2.75) is 38.5 Å². The van der Waals surface area contributed by atoms with E-state index in [0.29, 0.717) is 11.3 Å². The van der Waals surface area contributed by atoms with Crippen LogP contribution in [0.4, 0.5) is 18.9 Å². The minimum Gasteiger partial charge on any atom is -0.381 e. The molecule has 1 fully saturated rings. The predicted octanol–water partition coefficient (Wildman–Crippen LogP) is 5.12. The minimum atomic E-state index is -4.21. The smallest absolute Gasteiger partial charge is 0.381 e. The molecule has 1 aliphatic rings. The van der Waals surface area contributed by atoms with Crippen molar-refractivity contribution in [3.8, 4) is 0 Å². The lowest BCUT2D eigenvalue weighted by molar-refractivity contribution is -0.137. The molecule has 0 amide bonds. The van der Waals surface area contributed by atoms with E-state index in [1.165, 1.54) is 25.0 Å². The summed E-state index contributed by atoms with van der Waals surface area (Å²) in [6.45, 7) is 3.62. The van der Waals surface area contributed by atoms with Gasteiger partial charge < -0.3 is 10.1 Å². The van der Waals surface area contributed by atoms with Crippen LogP contribution in [0, 0.1) is 6.92 Å². The Labute approximate surface area is 155 Å². The fourth-order valence-electron chi connectivity index (χ4n) is 2.42. The molecule has 3 rings (SSSR count). The fourth-order valence-corrected chi connectivity index (χ4v) is 2.56. The summed E-state index contributed by atoms with van der Waals surface area (Å²) in [6, 6.07) is 6.36. The molecule has 26 heavy (non-hydrogen) atoms. The van der Waals surface area contributed by atoms with Gasteiger partial charge in [-0.15, -0.1) is 5.10 Å². The number of hydrogen-bond donors (Lipinski definition) is 1. The Kier molecular flexibility index (Phi) is 7.66. The minimum absolute atomic E-state index is 0.306. The molecular formula is C18H21ClF3N3O. The van der Waals surface area contributed by atoms with Crippen LogP contribution in [0.2, 0.25) is 5.15 Å². The van der Waals surface area contributed by atoms with Crippen molar-refractivity contribution in [3.63, 3.8) is 0 Å². The quantitative estimate of drug-likeness (QED) is 0.793. The number of rotatable bonds is 3. The first-order valence-corrected chi connectivity index (χ1v) is 8.71. The van der Waals surface area contributed by atoms with Crippen LogP contribution < -0.4 is 5.32 Å². The monoisotopic (exact) mass is 387 g/mol. The molecule has 1 saturated heterocycles. The molecule has 1 aromatic carbocycles. The number of ether oxygens (including phenoxy) is 1. The summed E-state index contributed by atoms with van der Waals surface area (Å²) >= 11 is 5.89. The molecule has 4 nitrogen and oxygen atoms in total. The SMILES string of the molecule is Cc1c(NC[C@H]2CCCCO2)cnnc1Cl.FC(F)(F)c1ccccc1. The third-order valence-electron chi connectivity index (χ3n) is 3.94. The van der Waals surface area contributed by atoms with Crippen molar-refractivity contribution in [3.05, 3.63) is 52.8 Å². The Morgan fingerprint density at radius 3 is 2.54 bits per heavy atom. The van der Waals surface area contributed by atoms with E-state index in [1.807, 2.05) is 6.92 Å². The second-order valence-electron chi connectivity index (χ2n) is 5.91. The van der Waals surface area contributed by atoms with Crippen molar-refractivity contribution in [2.75, 3.05) is 18.5 Å². The molecular weight excluding hydrogens is 367 g/mol. The molecule has 8 heteroatoms. The predicted molar refractivity (Wildman–Crippen MR) is 95.3 cm³/mol. The van der Waals surface area contributed by atoms with Gasteiger partial charge in [-0.05, 0) is 26.2 Å². The van der Waals surface area contributed by atoms with E-state index in [-0.39, 0.29) is 0 Å². The molecule has 0 saturated carbocycles. The summed E-state index contributed by atoms with van der Waals surface area (Å²) in [5.41, 5.74) is 1.27. The van der Waals surface area contributed by atoms with Crippen molar-refractivity contribution < 1.29 is 17.9 Å². The number of nitrogens with one attached hydrogen (secondary N) is 1. The third kappa shape index (κ3) is 6.46. The molecule has 1 aromatic heterocycles. The largest absolute Gasteiger partial charge is 0.416 e. The molecule has 0 aliphatic carbocycles. The van der Waals surface area contributed by atoms with Crippen molar-refractivity contribution in [2.24, 2.45) is 0 Å². The van der Waals surface area contributed by atoms with Crippen LogP contribution in [0.25, 0.3) is 0 Å². The van der Waals surface area contributed by atoms with Crippen molar-refractivity contribution in [1.82, 2.24) is 10.2 Å². The number of halogens is 4. The summed E-state index contributed by atoms with van der Waals surface area (Å²) < 4.78 is 41.0. The first-order chi connectivity index (χ1) is 12.4. The van der Waals surface area contributed by atoms with Gasteiger partial charge >= 0.3 is 6.18 Å². The first kappa shape index (κ1) is 20.5. The molecule has 2 aromatic rings. The Balaban J connectivity index is 0.000000209. The van der Waals surface area contributed by atoms with Crippen LogP contribution in [-0.4, -0.2) is 29.5 Å². The van der Waals surface area contributed by atoms with E-state index in [9.17, 15) is 13.2 Å². The van der Waals surface area contributed by atoms with Crippen molar-refractivity contribution in [1.29, 1.82) is 0 Å². The Bertz CT molecular complexity index is 677. The Morgan fingerprint density at radius 1 is 1.23 bits per heavy atom. The van der Waals surface area contributed by atoms with Crippen LogP contribution >= 0.6 is 11.6 Å². The van der Waals surface area contributed by atoms with Crippen LogP contribution in [0.15, 0.2) is 36.5 Å². The van der Waals surface area contributed by atoms with Gasteiger partial charge in [-0.2, -0.15) is 18.3 Å². The zero-order valence-corrected chi connectivity index (χ0v) is 15.1. The molecule has 0 bridgehead atoms. The van der Waals surface area contributed by atoms with E-state index < -0.39 is 11.7 Å². The van der Waals surface area contributed by atoms with E-state index in [0.717, 1.165) is 43.0 Å². The zero-order chi connectivity index (χ0) is 19.0. The lowest BCUT2D eigenvalue weighted by Gasteiger charge is -2.23. The maximum Gasteiger partial charge on any atom is 0.416 e.